The van der Waals surface area contributed by atoms with E-state index in [0.717, 1.165) is 0 Å². The Hall–Kier alpha value is -1.38. The van der Waals surface area contributed by atoms with Crippen molar-refractivity contribution < 1.29 is 67.1 Å². The first-order valence-electron chi connectivity index (χ1n) is 5.39. The van der Waals surface area contributed by atoms with E-state index in [1.165, 1.54) is 0 Å². The van der Waals surface area contributed by atoms with Crippen LogP contribution in [0.5, 0.6) is 0 Å². The molecule has 0 spiro atoms. The Bertz CT molecular complexity index is 691. The van der Waals surface area contributed by atoms with Crippen LogP contribution in [0, 0.1) is 58.2 Å². The predicted octanol–water partition coefficient (Wildman–Crippen LogP) is 3.11. The van der Waals surface area contributed by atoms with Gasteiger partial charge in [0.25, 0.3) is 0 Å². The summed E-state index contributed by atoms with van der Waals surface area (Å²) < 4.78 is 128. The Kier molecular flexibility index (Phi) is 4.89. The maximum atomic E-state index is 13.4. The molecule has 0 saturated carbocycles. The summed E-state index contributed by atoms with van der Waals surface area (Å²) in [4.78, 5) is 0. The van der Waals surface area contributed by atoms with Gasteiger partial charge < -0.3 is 0 Å². The van der Waals surface area contributed by atoms with Crippen LogP contribution in [0.15, 0.2) is 0 Å². The summed E-state index contributed by atoms with van der Waals surface area (Å²) >= 11 is -3.60. The number of halogens is 10. The van der Waals surface area contributed by atoms with Gasteiger partial charge in [-0.05, 0) is 0 Å². The first-order chi connectivity index (χ1) is 10.6. The molecule has 0 bridgehead atoms. The summed E-state index contributed by atoms with van der Waals surface area (Å²) in [6.07, 6.45) is 0. The topological polar surface area (TPSA) is 0 Å². The van der Waals surface area contributed by atoms with E-state index in [4.69, 9.17) is 0 Å². The van der Waals surface area contributed by atoms with Crippen molar-refractivity contribution in [3.05, 3.63) is 58.2 Å². The molecule has 0 aliphatic carbocycles. The zero-order valence-electron chi connectivity index (χ0n) is 10.3. The van der Waals surface area contributed by atoms with Crippen LogP contribution in [-0.4, -0.2) is 0 Å². The van der Waals surface area contributed by atoms with Crippen molar-refractivity contribution in [3.63, 3.8) is 0 Å². The molecule has 0 saturated heterocycles. The fraction of sp³-hybridized carbons (Fsp3) is 0. The Morgan fingerprint density at radius 2 is 0.478 bits per heavy atom. The van der Waals surface area contributed by atoms with Gasteiger partial charge in [0.05, 0.1) is 0 Å². The average molecular weight is 425 g/mol. The third-order valence-electron chi connectivity index (χ3n) is 2.67. The van der Waals surface area contributed by atoms with E-state index < -0.39 is 87.9 Å². The first-order valence-corrected chi connectivity index (χ1v) is 7.85. The first kappa shape index (κ1) is 18.0. The van der Waals surface area contributed by atoms with Gasteiger partial charge >= 0.3 is 132 Å². The maximum absolute atomic E-state index is 13.4. The van der Waals surface area contributed by atoms with E-state index in [1.807, 2.05) is 0 Å². The Morgan fingerprint density at radius 1 is 0.304 bits per heavy atom. The average Bonchev–Trinajstić information content (AvgIpc) is 2.54. The molecule has 0 N–H and O–H groups in total. The van der Waals surface area contributed by atoms with Gasteiger partial charge in [-0.25, -0.2) is 0 Å². The summed E-state index contributed by atoms with van der Waals surface area (Å²) in [7, 11) is 0. The summed E-state index contributed by atoms with van der Waals surface area (Å²) in [5, 5.41) is 0. The molecular formula is C12F10Zr. The number of hydrogen-bond donors (Lipinski definition) is 0. The van der Waals surface area contributed by atoms with Crippen molar-refractivity contribution in [2.45, 2.75) is 0 Å². The minimum atomic E-state index is -3.60. The summed E-state index contributed by atoms with van der Waals surface area (Å²) in [6.45, 7) is 0. The van der Waals surface area contributed by atoms with E-state index in [1.54, 1.807) is 0 Å². The molecule has 0 aliphatic heterocycles. The molecule has 122 valence electrons. The van der Waals surface area contributed by atoms with Gasteiger partial charge in [0, 0.05) is 0 Å². The zero-order chi connectivity index (χ0) is 17.6. The molecule has 0 aliphatic rings. The Morgan fingerprint density at radius 3 is 0.696 bits per heavy atom. The molecule has 0 radical (unpaired) electrons. The van der Waals surface area contributed by atoms with Gasteiger partial charge in [-0.15, -0.1) is 0 Å². The van der Waals surface area contributed by atoms with Gasteiger partial charge in [0.15, 0.2) is 0 Å². The molecule has 11 heteroatoms. The fourth-order valence-corrected chi connectivity index (χ4v) is 4.33. The van der Waals surface area contributed by atoms with Crippen molar-refractivity contribution in [3.8, 4) is 0 Å². The van der Waals surface area contributed by atoms with Crippen LogP contribution in [0.3, 0.4) is 0 Å². The van der Waals surface area contributed by atoms with Gasteiger partial charge in [-0.1, -0.05) is 0 Å². The van der Waals surface area contributed by atoms with Crippen LogP contribution >= 0.6 is 0 Å². The minimum absolute atomic E-state index is 1.56. The van der Waals surface area contributed by atoms with Crippen molar-refractivity contribution in [2.75, 3.05) is 0 Å². The van der Waals surface area contributed by atoms with E-state index in [2.05, 4.69) is 0 Å². The summed E-state index contributed by atoms with van der Waals surface area (Å²) in [5.74, 6) is -23.9. The Labute approximate surface area is 132 Å². The van der Waals surface area contributed by atoms with E-state index in [0.29, 0.717) is 0 Å². The molecule has 23 heavy (non-hydrogen) atoms. The van der Waals surface area contributed by atoms with Gasteiger partial charge in [-0.3, -0.25) is 0 Å². The van der Waals surface area contributed by atoms with Crippen molar-refractivity contribution in [1.82, 2.24) is 0 Å². The fourth-order valence-electron chi connectivity index (χ4n) is 1.55. The second-order valence-corrected chi connectivity index (χ2v) is 7.09. The second kappa shape index (κ2) is 6.26. The second-order valence-electron chi connectivity index (χ2n) is 4.01. The quantitative estimate of drug-likeness (QED) is 0.394. The SMILES string of the molecule is Fc1c(F)c(F)[c]([Zr][c]2c(F)c(F)c(F)c(F)c2F)c(F)c1F. The van der Waals surface area contributed by atoms with Crippen molar-refractivity contribution in [1.29, 1.82) is 0 Å². The van der Waals surface area contributed by atoms with Crippen LogP contribution in [0.2, 0.25) is 0 Å². The molecular weight excluding hydrogens is 425 g/mol. The monoisotopic (exact) mass is 424 g/mol. The summed E-state index contributed by atoms with van der Waals surface area (Å²) in [6, 6.07) is 0. The molecule has 2 rings (SSSR count). The van der Waals surface area contributed by atoms with E-state index >= 15 is 0 Å². The molecule has 2 aromatic carbocycles. The normalized spacial score (nSPS) is 11.0. The standard InChI is InChI=1S/2C6F5.Zr/c2*7-2-1-3(8)5(10)6(11)4(2)9;. The molecule has 0 amide bonds. The number of hydrogen-bond acceptors (Lipinski definition) is 0. The van der Waals surface area contributed by atoms with Crippen LogP contribution in [0.25, 0.3) is 0 Å². The van der Waals surface area contributed by atoms with Gasteiger partial charge in [-0.2, -0.15) is 0 Å². The predicted molar refractivity (Wildman–Crippen MR) is 51.7 cm³/mol. The van der Waals surface area contributed by atoms with E-state index in [-0.39, 0.29) is 0 Å². The number of benzene rings is 2. The molecule has 0 heterocycles. The number of rotatable bonds is 2. The Balaban J connectivity index is 2.71. The zero-order valence-corrected chi connectivity index (χ0v) is 12.7. The van der Waals surface area contributed by atoms with Gasteiger partial charge in [0.1, 0.15) is 0 Å². The molecule has 0 nitrogen and oxygen atoms in total. The third-order valence-corrected chi connectivity index (χ3v) is 6.06. The third kappa shape index (κ3) is 2.79. The molecule has 0 aromatic heterocycles. The molecule has 0 atom stereocenters. The van der Waals surface area contributed by atoms with Crippen LogP contribution in [0.1, 0.15) is 0 Å². The molecule has 0 unspecified atom stereocenters. The van der Waals surface area contributed by atoms with Crippen LogP contribution in [0.4, 0.5) is 43.9 Å². The van der Waals surface area contributed by atoms with Gasteiger partial charge in [0.2, 0.25) is 0 Å². The molecule has 2 aromatic rings. The molecule has 0 fully saturated rings. The van der Waals surface area contributed by atoms with Crippen molar-refractivity contribution >= 4 is 6.54 Å². The van der Waals surface area contributed by atoms with Crippen molar-refractivity contribution in [2.24, 2.45) is 0 Å². The van der Waals surface area contributed by atoms with E-state index in [9.17, 15) is 43.9 Å². The van der Waals surface area contributed by atoms with Crippen LogP contribution < -0.4 is 6.54 Å². The summed E-state index contributed by atoms with van der Waals surface area (Å²) in [5.41, 5.74) is 0. The van der Waals surface area contributed by atoms with Crippen LogP contribution in [-0.2, 0) is 23.2 Å².